The Labute approximate surface area is 161 Å². The highest BCUT2D eigenvalue weighted by molar-refractivity contribution is 7.87. The van der Waals surface area contributed by atoms with Crippen molar-refractivity contribution in [2.45, 2.75) is 18.2 Å². The van der Waals surface area contributed by atoms with E-state index in [1.165, 1.54) is 66.4 Å². The fourth-order valence-corrected chi connectivity index (χ4v) is 3.35. The molecule has 3 aromatic rings. The number of aromatic nitrogens is 2. The van der Waals surface area contributed by atoms with Crippen molar-refractivity contribution in [2.24, 2.45) is 0 Å². The van der Waals surface area contributed by atoms with Crippen LogP contribution in [0, 0.1) is 10.1 Å². The molecule has 10 heteroatoms. The fourth-order valence-electron chi connectivity index (χ4n) is 2.45. The van der Waals surface area contributed by atoms with E-state index in [1.807, 2.05) is 6.92 Å². The number of methoxy groups -OCH3 is 1. The Hall–Kier alpha value is -3.40. The fraction of sp³-hybridized carbons (Fsp3) is 0.167. The second-order valence-electron chi connectivity index (χ2n) is 5.73. The third-order valence-electron chi connectivity index (χ3n) is 3.94. The van der Waals surface area contributed by atoms with E-state index >= 15 is 0 Å². The Morgan fingerprint density at radius 3 is 2.29 bits per heavy atom. The lowest BCUT2D eigenvalue weighted by atomic mass is 10.3. The first-order valence-electron chi connectivity index (χ1n) is 8.26. The minimum atomic E-state index is -4.11. The van der Waals surface area contributed by atoms with Gasteiger partial charge in [0.2, 0.25) is 5.88 Å². The van der Waals surface area contributed by atoms with Crippen LogP contribution in [0.25, 0.3) is 5.69 Å². The number of nitro benzene ring substituents is 1. The second-order valence-corrected chi connectivity index (χ2v) is 7.27. The molecule has 0 bridgehead atoms. The van der Waals surface area contributed by atoms with Crippen molar-refractivity contribution in [3.8, 4) is 17.3 Å². The Bertz CT molecular complexity index is 1090. The number of rotatable bonds is 7. The van der Waals surface area contributed by atoms with Gasteiger partial charge in [0.05, 0.1) is 23.4 Å². The summed E-state index contributed by atoms with van der Waals surface area (Å²) in [6.45, 7) is 1.87. The summed E-state index contributed by atoms with van der Waals surface area (Å²) in [5.74, 6) is 0.504. The highest BCUT2D eigenvalue weighted by Gasteiger charge is 2.21. The van der Waals surface area contributed by atoms with Crippen LogP contribution in [0.1, 0.15) is 12.6 Å². The third kappa shape index (κ3) is 3.96. The van der Waals surface area contributed by atoms with Crippen molar-refractivity contribution in [1.29, 1.82) is 0 Å². The van der Waals surface area contributed by atoms with E-state index in [-0.39, 0.29) is 16.5 Å². The molecular formula is C18H17N3O6S. The van der Waals surface area contributed by atoms with E-state index in [4.69, 9.17) is 8.92 Å². The molecule has 0 spiro atoms. The van der Waals surface area contributed by atoms with Gasteiger partial charge in [-0.25, -0.2) is 0 Å². The molecule has 1 heterocycles. The van der Waals surface area contributed by atoms with Crippen LogP contribution in [-0.2, 0) is 16.5 Å². The summed E-state index contributed by atoms with van der Waals surface area (Å²) in [5, 5.41) is 15.1. The lowest BCUT2D eigenvalue weighted by molar-refractivity contribution is -0.384. The van der Waals surface area contributed by atoms with Crippen LogP contribution in [-0.4, -0.2) is 30.2 Å². The van der Waals surface area contributed by atoms with Crippen LogP contribution in [0.4, 0.5) is 5.69 Å². The molecule has 28 heavy (non-hydrogen) atoms. The van der Waals surface area contributed by atoms with Gasteiger partial charge in [0.15, 0.2) is 0 Å². The van der Waals surface area contributed by atoms with Gasteiger partial charge in [0.1, 0.15) is 10.6 Å². The lowest BCUT2D eigenvalue weighted by Gasteiger charge is -2.10. The molecule has 0 saturated carbocycles. The van der Waals surface area contributed by atoms with E-state index < -0.39 is 15.0 Å². The van der Waals surface area contributed by atoms with Gasteiger partial charge in [-0.1, -0.05) is 6.92 Å². The Morgan fingerprint density at radius 2 is 1.75 bits per heavy atom. The highest BCUT2D eigenvalue weighted by Crippen LogP contribution is 2.26. The predicted octanol–water partition coefficient (Wildman–Crippen LogP) is 3.12. The van der Waals surface area contributed by atoms with Crippen molar-refractivity contribution in [1.82, 2.24) is 9.78 Å². The third-order valence-corrected chi connectivity index (χ3v) is 5.18. The van der Waals surface area contributed by atoms with Gasteiger partial charge < -0.3 is 8.92 Å². The topological polar surface area (TPSA) is 114 Å². The van der Waals surface area contributed by atoms with E-state index in [1.54, 1.807) is 0 Å². The normalized spacial score (nSPS) is 11.2. The maximum absolute atomic E-state index is 12.6. The van der Waals surface area contributed by atoms with Crippen LogP contribution >= 0.6 is 0 Å². The van der Waals surface area contributed by atoms with Crippen molar-refractivity contribution in [3.05, 3.63) is 70.4 Å². The van der Waals surface area contributed by atoms with Gasteiger partial charge in [-0.3, -0.25) is 10.1 Å². The van der Waals surface area contributed by atoms with Crippen molar-refractivity contribution in [3.63, 3.8) is 0 Å². The molecule has 0 unspecified atom stereocenters. The number of non-ortho nitro benzene ring substituents is 1. The molecule has 0 aliphatic heterocycles. The van der Waals surface area contributed by atoms with E-state index in [9.17, 15) is 18.5 Å². The monoisotopic (exact) mass is 403 g/mol. The van der Waals surface area contributed by atoms with Gasteiger partial charge in [0, 0.05) is 18.2 Å². The number of ether oxygens (including phenoxy) is 1. The number of aryl methyl sites for hydroxylation is 1. The molecule has 0 aliphatic carbocycles. The highest BCUT2D eigenvalue weighted by atomic mass is 32.2. The van der Waals surface area contributed by atoms with Crippen molar-refractivity contribution in [2.75, 3.05) is 7.11 Å². The molecule has 0 atom stereocenters. The summed E-state index contributed by atoms with van der Waals surface area (Å²) in [6.07, 6.45) is 0.554. The summed E-state index contributed by atoms with van der Waals surface area (Å²) >= 11 is 0. The zero-order chi connectivity index (χ0) is 20.3. The predicted molar refractivity (Wildman–Crippen MR) is 100 cm³/mol. The van der Waals surface area contributed by atoms with E-state index in [0.717, 1.165) is 0 Å². The summed E-state index contributed by atoms with van der Waals surface area (Å²) < 4.78 is 36.9. The number of benzene rings is 2. The molecule has 0 aliphatic rings. The molecule has 0 saturated heterocycles. The molecule has 146 valence electrons. The average molecular weight is 403 g/mol. The minimum Gasteiger partial charge on any atom is -0.497 e. The zero-order valence-corrected chi connectivity index (χ0v) is 15.9. The maximum atomic E-state index is 12.6. The van der Waals surface area contributed by atoms with Crippen molar-refractivity contribution < 1.29 is 22.3 Å². The zero-order valence-electron chi connectivity index (χ0n) is 15.1. The number of hydrogen-bond donors (Lipinski definition) is 0. The Morgan fingerprint density at radius 1 is 1.11 bits per heavy atom. The molecule has 0 radical (unpaired) electrons. The summed E-state index contributed by atoms with van der Waals surface area (Å²) in [6, 6.07) is 12.9. The first kappa shape index (κ1) is 19.4. The molecular weight excluding hydrogens is 386 g/mol. The summed E-state index contributed by atoms with van der Waals surface area (Å²) in [7, 11) is -2.63. The molecule has 9 nitrogen and oxygen atoms in total. The number of nitrogens with zero attached hydrogens (tertiary/aromatic N) is 3. The van der Waals surface area contributed by atoms with Crippen LogP contribution in [0.5, 0.6) is 11.6 Å². The largest absolute Gasteiger partial charge is 0.497 e. The van der Waals surface area contributed by atoms with Gasteiger partial charge in [-0.2, -0.15) is 18.2 Å². The number of hydrogen-bond acceptors (Lipinski definition) is 7. The summed E-state index contributed by atoms with van der Waals surface area (Å²) in [4.78, 5) is 10.3. The van der Waals surface area contributed by atoms with E-state index in [2.05, 4.69) is 5.10 Å². The minimum absolute atomic E-state index is 0.0125. The maximum Gasteiger partial charge on any atom is 0.340 e. The number of nitro groups is 1. The standard InChI is InChI=1S/C18H17N3O6S/c1-3-13-12-18(20(19-13)14-4-6-15(7-5-14)21(22)23)27-28(24,25)17-10-8-16(26-2)9-11-17/h4-12H,3H2,1-2H3. The van der Waals surface area contributed by atoms with Crippen LogP contribution in [0.2, 0.25) is 0 Å². The van der Waals surface area contributed by atoms with Gasteiger partial charge in [-0.15, -0.1) is 0 Å². The smallest absolute Gasteiger partial charge is 0.340 e. The van der Waals surface area contributed by atoms with Gasteiger partial charge in [-0.05, 0) is 42.8 Å². The first-order valence-corrected chi connectivity index (χ1v) is 9.67. The Balaban J connectivity index is 1.97. The molecule has 0 fully saturated rings. The van der Waals surface area contributed by atoms with Gasteiger partial charge in [0.25, 0.3) is 5.69 Å². The van der Waals surface area contributed by atoms with E-state index in [0.29, 0.717) is 23.6 Å². The molecule has 1 aromatic heterocycles. The quantitative estimate of drug-likeness (QED) is 0.338. The first-order chi connectivity index (χ1) is 13.3. The molecule has 3 rings (SSSR count). The van der Waals surface area contributed by atoms with Gasteiger partial charge >= 0.3 is 10.1 Å². The second kappa shape index (κ2) is 7.69. The summed E-state index contributed by atoms with van der Waals surface area (Å²) in [5.41, 5.74) is 0.962. The molecule has 0 N–H and O–H groups in total. The van der Waals surface area contributed by atoms with Crippen molar-refractivity contribution >= 4 is 15.8 Å². The molecule has 0 amide bonds. The van der Waals surface area contributed by atoms with Crippen LogP contribution in [0.3, 0.4) is 0 Å². The Kier molecular flexibility index (Phi) is 5.32. The van der Waals surface area contributed by atoms with Crippen LogP contribution < -0.4 is 8.92 Å². The average Bonchev–Trinajstić information content (AvgIpc) is 3.10. The van der Waals surface area contributed by atoms with Crippen LogP contribution in [0.15, 0.2) is 59.5 Å². The molecule has 2 aromatic carbocycles. The SMILES string of the molecule is CCc1cc(OS(=O)(=O)c2ccc(OC)cc2)n(-c2ccc([N+](=O)[O-])cc2)n1. The lowest BCUT2D eigenvalue weighted by Crippen LogP contribution is -2.12.